The van der Waals surface area contributed by atoms with Crippen molar-refractivity contribution in [2.75, 3.05) is 0 Å². The fourth-order valence-corrected chi connectivity index (χ4v) is 4.69. The van der Waals surface area contributed by atoms with Crippen molar-refractivity contribution in [3.05, 3.63) is 11.3 Å². The first kappa shape index (κ1) is 19.7. The molecule has 4 nitrogen and oxygen atoms in total. The maximum absolute atomic E-state index is 11.3. The smallest absolute Gasteiger partial charge is 0.121 e. The molecule has 3 rings (SSSR count). The van der Waals surface area contributed by atoms with Crippen LogP contribution in [-0.4, -0.2) is 28.0 Å². The van der Waals surface area contributed by atoms with Gasteiger partial charge in [-0.2, -0.15) is 5.10 Å². The van der Waals surface area contributed by atoms with Gasteiger partial charge in [0.2, 0.25) is 0 Å². The van der Waals surface area contributed by atoms with Crippen LogP contribution in [0.4, 0.5) is 0 Å². The highest BCUT2D eigenvalue weighted by Crippen LogP contribution is 2.48. The topological polar surface area (TPSA) is 47.9 Å². The first-order valence-corrected chi connectivity index (χ1v) is 10.7. The SMILES string of the molecule is CCC(C)(C)C1=C(O)C(N2N=C3CCCCC3N2)CC(C(C)(C)CC)C1. The van der Waals surface area contributed by atoms with Gasteiger partial charge in [-0.15, -0.1) is 0 Å². The number of fused-ring (bicyclic) bond motifs is 1. The number of hydrogen-bond donors (Lipinski definition) is 2. The molecule has 4 heteroatoms. The molecule has 0 aromatic heterocycles. The molecule has 1 fully saturated rings. The molecule has 0 aromatic rings. The van der Waals surface area contributed by atoms with Crippen molar-refractivity contribution >= 4 is 5.71 Å². The predicted octanol–water partition coefficient (Wildman–Crippen LogP) is 5.57. The average molecular weight is 362 g/mol. The molecule has 0 saturated heterocycles. The van der Waals surface area contributed by atoms with Crippen LogP contribution in [0.5, 0.6) is 0 Å². The quantitative estimate of drug-likeness (QED) is 0.673. The number of hydrogen-bond acceptors (Lipinski definition) is 4. The van der Waals surface area contributed by atoms with Gasteiger partial charge in [0.25, 0.3) is 0 Å². The highest BCUT2D eigenvalue weighted by molar-refractivity contribution is 5.91. The van der Waals surface area contributed by atoms with Gasteiger partial charge in [0.05, 0.1) is 11.8 Å². The van der Waals surface area contributed by atoms with Gasteiger partial charge >= 0.3 is 0 Å². The van der Waals surface area contributed by atoms with Gasteiger partial charge in [0, 0.05) is 0 Å². The Labute approximate surface area is 160 Å². The summed E-state index contributed by atoms with van der Waals surface area (Å²) in [7, 11) is 0. The molecule has 3 unspecified atom stereocenters. The van der Waals surface area contributed by atoms with Gasteiger partial charge in [-0.1, -0.05) is 54.4 Å². The summed E-state index contributed by atoms with van der Waals surface area (Å²) in [6.45, 7) is 13.8. The first-order chi connectivity index (χ1) is 12.2. The molecule has 3 aliphatic rings. The Morgan fingerprint density at radius 1 is 1.15 bits per heavy atom. The summed E-state index contributed by atoms with van der Waals surface area (Å²) in [6.07, 6.45) is 8.99. The summed E-state index contributed by atoms with van der Waals surface area (Å²) in [5, 5.41) is 18.2. The monoisotopic (exact) mass is 361 g/mol. The molecule has 1 heterocycles. The highest BCUT2D eigenvalue weighted by Gasteiger charge is 2.44. The minimum atomic E-state index is -0.0292. The minimum absolute atomic E-state index is 0.0292. The van der Waals surface area contributed by atoms with Crippen molar-refractivity contribution in [2.45, 2.75) is 105 Å². The van der Waals surface area contributed by atoms with Crippen LogP contribution in [0, 0.1) is 16.7 Å². The molecule has 0 spiro atoms. The van der Waals surface area contributed by atoms with E-state index in [4.69, 9.17) is 5.10 Å². The normalized spacial score (nSPS) is 30.5. The van der Waals surface area contributed by atoms with Crippen LogP contribution in [-0.2, 0) is 0 Å². The molecular formula is C22H39N3O. The van der Waals surface area contributed by atoms with Crippen molar-refractivity contribution < 1.29 is 5.11 Å². The second-order valence-corrected chi connectivity index (χ2v) is 9.96. The van der Waals surface area contributed by atoms with Crippen molar-refractivity contribution in [2.24, 2.45) is 21.8 Å². The van der Waals surface area contributed by atoms with Crippen LogP contribution in [0.2, 0.25) is 0 Å². The summed E-state index contributed by atoms with van der Waals surface area (Å²) in [5.41, 5.74) is 6.45. The van der Waals surface area contributed by atoms with E-state index in [0.717, 1.165) is 32.1 Å². The predicted molar refractivity (Wildman–Crippen MR) is 109 cm³/mol. The minimum Gasteiger partial charge on any atom is -0.510 e. The number of hydrazone groups is 1. The summed E-state index contributed by atoms with van der Waals surface area (Å²) < 4.78 is 0. The van der Waals surface area contributed by atoms with Gasteiger partial charge in [-0.05, 0) is 60.8 Å². The van der Waals surface area contributed by atoms with Crippen molar-refractivity contribution in [3.8, 4) is 0 Å². The molecule has 1 saturated carbocycles. The molecule has 26 heavy (non-hydrogen) atoms. The molecule has 0 radical (unpaired) electrons. The first-order valence-electron chi connectivity index (χ1n) is 10.7. The standard InChI is InChI=1S/C22H39N3O/c1-7-21(3,4)15-13-16(22(5,6)8-2)20(26)19(14-15)25-23-17-11-9-10-12-18(17)24-25/h15,17,19,23,26H,7-14H2,1-6H3. The zero-order valence-electron chi connectivity index (χ0n) is 17.7. The number of aliphatic hydroxyl groups is 1. The third-order valence-electron chi connectivity index (χ3n) is 7.70. The Bertz CT molecular complexity index is 590. The molecule has 0 amide bonds. The Kier molecular flexibility index (Phi) is 5.45. The fourth-order valence-electron chi connectivity index (χ4n) is 4.69. The Hall–Kier alpha value is -1.03. The van der Waals surface area contributed by atoms with E-state index < -0.39 is 0 Å². The van der Waals surface area contributed by atoms with E-state index in [9.17, 15) is 5.11 Å². The molecule has 2 N–H and O–H groups in total. The highest BCUT2D eigenvalue weighted by atomic mass is 16.3. The molecule has 148 valence electrons. The second kappa shape index (κ2) is 7.18. The van der Waals surface area contributed by atoms with Crippen LogP contribution in [0.25, 0.3) is 0 Å². The van der Waals surface area contributed by atoms with Gasteiger partial charge in [-0.3, -0.25) is 0 Å². The maximum Gasteiger partial charge on any atom is 0.121 e. The second-order valence-electron chi connectivity index (χ2n) is 9.96. The molecule has 0 aromatic carbocycles. The fraction of sp³-hybridized carbons (Fsp3) is 0.864. The summed E-state index contributed by atoms with van der Waals surface area (Å²) in [5.74, 6) is 1.15. The molecule has 2 aliphatic carbocycles. The third kappa shape index (κ3) is 3.54. The maximum atomic E-state index is 11.3. The molecule has 3 atom stereocenters. The lowest BCUT2D eigenvalue weighted by molar-refractivity contribution is 0.0565. The van der Waals surface area contributed by atoms with E-state index in [1.54, 1.807) is 0 Å². The van der Waals surface area contributed by atoms with E-state index in [2.05, 4.69) is 47.0 Å². The van der Waals surface area contributed by atoms with Gasteiger partial charge in [-0.25, -0.2) is 10.5 Å². The average Bonchev–Trinajstić information content (AvgIpc) is 3.05. The summed E-state index contributed by atoms with van der Waals surface area (Å²) in [6, 6.07) is 0.359. The van der Waals surface area contributed by atoms with Crippen LogP contribution in [0.15, 0.2) is 16.4 Å². The van der Waals surface area contributed by atoms with Crippen LogP contribution >= 0.6 is 0 Å². The lowest BCUT2D eigenvalue weighted by atomic mass is 9.64. The molecular weight excluding hydrogens is 322 g/mol. The van der Waals surface area contributed by atoms with Gasteiger partial charge in [0.1, 0.15) is 11.8 Å². The van der Waals surface area contributed by atoms with E-state index in [0.29, 0.717) is 17.7 Å². The van der Waals surface area contributed by atoms with Gasteiger partial charge in [0.15, 0.2) is 0 Å². The van der Waals surface area contributed by atoms with Crippen LogP contribution in [0.1, 0.15) is 92.9 Å². The zero-order valence-corrected chi connectivity index (χ0v) is 17.7. The van der Waals surface area contributed by atoms with E-state index in [1.807, 2.05) is 5.12 Å². The third-order valence-corrected chi connectivity index (χ3v) is 7.70. The summed E-state index contributed by atoms with van der Waals surface area (Å²) in [4.78, 5) is 0. The lowest BCUT2D eigenvalue weighted by Crippen LogP contribution is -2.48. The molecule has 1 aliphatic heterocycles. The van der Waals surface area contributed by atoms with Crippen molar-refractivity contribution in [3.63, 3.8) is 0 Å². The Morgan fingerprint density at radius 3 is 2.50 bits per heavy atom. The number of nitrogens with zero attached hydrogens (tertiary/aromatic N) is 2. The number of hydrazine groups is 1. The number of rotatable bonds is 5. The van der Waals surface area contributed by atoms with Gasteiger partial charge < -0.3 is 5.11 Å². The Balaban J connectivity index is 1.94. The Morgan fingerprint density at radius 2 is 1.88 bits per heavy atom. The van der Waals surface area contributed by atoms with E-state index in [-0.39, 0.29) is 16.9 Å². The van der Waals surface area contributed by atoms with Crippen LogP contribution < -0.4 is 5.43 Å². The van der Waals surface area contributed by atoms with Crippen LogP contribution in [0.3, 0.4) is 0 Å². The molecule has 0 bridgehead atoms. The lowest BCUT2D eigenvalue weighted by Gasteiger charge is -2.45. The summed E-state index contributed by atoms with van der Waals surface area (Å²) >= 11 is 0. The van der Waals surface area contributed by atoms with E-state index in [1.165, 1.54) is 30.5 Å². The number of allylic oxidation sites excluding steroid dienone is 1. The largest absolute Gasteiger partial charge is 0.510 e. The van der Waals surface area contributed by atoms with E-state index >= 15 is 0 Å². The number of nitrogens with one attached hydrogen (secondary N) is 1. The van der Waals surface area contributed by atoms with Crippen molar-refractivity contribution in [1.29, 1.82) is 0 Å². The zero-order chi connectivity index (χ0) is 19.1. The van der Waals surface area contributed by atoms with Crippen molar-refractivity contribution in [1.82, 2.24) is 10.5 Å². The number of aliphatic hydroxyl groups excluding tert-OH is 1.